The average Bonchev–Trinajstić information content (AvgIpc) is 3.26. The smallest absolute Gasteiger partial charge is 0.190 e. The molecule has 0 aliphatic carbocycles. The van der Waals surface area contributed by atoms with Crippen molar-refractivity contribution < 1.29 is 18.9 Å². The van der Waals surface area contributed by atoms with E-state index in [4.69, 9.17) is 24.5 Å². The van der Waals surface area contributed by atoms with Crippen molar-refractivity contribution >= 4 is 0 Å². The lowest BCUT2D eigenvalue weighted by Gasteiger charge is -2.31. The van der Waals surface area contributed by atoms with Gasteiger partial charge in [0.25, 0.3) is 0 Å². The van der Waals surface area contributed by atoms with Crippen LogP contribution in [0.5, 0.6) is 0 Å². The molecule has 0 spiro atoms. The zero-order valence-electron chi connectivity index (χ0n) is 11.0. The van der Waals surface area contributed by atoms with Gasteiger partial charge in [-0.3, -0.25) is 0 Å². The van der Waals surface area contributed by atoms with E-state index in [1.165, 1.54) is 7.11 Å². The van der Waals surface area contributed by atoms with Gasteiger partial charge < -0.3 is 18.9 Å². The summed E-state index contributed by atoms with van der Waals surface area (Å²) in [6.07, 6.45) is -1.53. The van der Waals surface area contributed by atoms with Crippen LogP contribution in [-0.2, 0) is 25.6 Å². The molecular formula is C13H15N3O4. The fourth-order valence-corrected chi connectivity index (χ4v) is 2.35. The SMILES string of the molecule is CO[C@@H]1O[C@H]2O[C@H]2[C@H](OCc2ccccc2)[C@H]1N=[N+]=[N-]. The van der Waals surface area contributed by atoms with E-state index in [1.807, 2.05) is 30.3 Å². The summed E-state index contributed by atoms with van der Waals surface area (Å²) in [6.45, 7) is 0.423. The molecule has 0 bridgehead atoms. The quantitative estimate of drug-likeness (QED) is 0.356. The van der Waals surface area contributed by atoms with Crippen LogP contribution in [0.15, 0.2) is 35.4 Å². The van der Waals surface area contributed by atoms with Crippen LogP contribution >= 0.6 is 0 Å². The average molecular weight is 277 g/mol. The molecule has 5 atom stereocenters. The van der Waals surface area contributed by atoms with Crippen molar-refractivity contribution in [1.29, 1.82) is 0 Å². The number of rotatable bonds is 5. The first-order valence-corrected chi connectivity index (χ1v) is 6.37. The minimum atomic E-state index is -0.643. The molecule has 0 aromatic heterocycles. The van der Waals surface area contributed by atoms with Crippen molar-refractivity contribution in [3.63, 3.8) is 0 Å². The van der Waals surface area contributed by atoms with Gasteiger partial charge in [-0.1, -0.05) is 35.4 Å². The topological polar surface area (TPSA) is 89.0 Å². The van der Waals surface area contributed by atoms with E-state index in [1.54, 1.807) is 0 Å². The molecule has 0 unspecified atom stereocenters. The molecule has 0 saturated carbocycles. The highest BCUT2D eigenvalue weighted by Crippen LogP contribution is 2.39. The molecule has 1 aromatic rings. The van der Waals surface area contributed by atoms with E-state index < -0.39 is 12.3 Å². The van der Waals surface area contributed by atoms with Crippen molar-refractivity contribution in [3.05, 3.63) is 46.3 Å². The number of methoxy groups -OCH3 is 1. The Kier molecular flexibility index (Phi) is 3.86. The van der Waals surface area contributed by atoms with Gasteiger partial charge in [-0.25, -0.2) is 0 Å². The van der Waals surface area contributed by atoms with E-state index in [2.05, 4.69) is 10.0 Å². The number of nitrogens with zero attached hydrogens (tertiary/aromatic N) is 3. The Bertz CT molecular complexity index is 506. The summed E-state index contributed by atoms with van der Waals surface area (Å²) in [5.74, 6) is 0. The van der Waals surface area contributed by atoms with Crippen molar-refractivity contribution in [2.24, 2.45) is 5.11 Å². The molecule has 2 fully saturated rings. The predicted molar refractivity (Wildman–Crippen MR) is 68.5 cm³/mol. The Labute approximate surface area is 116 Å². The van der Waals surface area contributed by atoms with Crippen LogP contribution in [0.3, 0.4) is 0 Å². The summed E-state index contributed by atoms with van der Waals surface area (Å²) in [5, 5.41) is 3.73. The van der Waals surface area contributed by atoms with Gasteiger partial charge in [0.05, 0.1) is 6.61 Å². The molecule has 106 valence electrons. The number of fused-ring (bicyclic) bond motifs is 1. The van der Waals surface area contributed by atoms with Crippen LogP contribution in [0.2, 0.25) is 0 Å². The Morgan fingerprint density at radius 1 is 1.30 bits per heavy atom. The molecule has 1 aromatic carbocycles. The first-order valence-electron chi connectivity index (χ1n) is 6.37. The van der Waals surface area contributed by atoms with Crippen LogP contribution in [0.1, 0.15) is 5.56 Å². The highest BCUT2D eigenvalue weighted by atomic mass is 16.8. The van der Waals surface area contributed by atoms with E-state index >= 15 is 0 Å². The number of azide groups is 1. The van der Waals surface area contributed by atoms with Crippen molar-refractivity contribution in [2.75, 3.05) is 7.11 Å². The summed E-state index contributed by atoms with van der Waals surface area (Å²) >= 11 is 0. The van der Waals surface area contributed by atoms with E-state index in [0.717, 1.165) is 5.56 Å². The van der Waals surface area contributed by atoms with Crippen LogP contribution in [-0.4, -0.2) is 37.9 Å². The third-order valence-electron chi connectivity index (χ3n) is 3.39. The Balaban J connectivity index is 1.70. The van der Waals surface area contributed by atoms with Crippen molar-refractivity contribution in [1.82, 2.24) is 0 Å². The van der Waals surface area contributed by atoms with Crippen LogP contribution in [0.4, 0.5) is 0 Å². The molecule has 0 N–H and O–H groups in total. The van der Waals surface area contributed by atoms with Gasteiger partial charge in [-0.2, -0.15) is 0 Å². The van der Waals surface area contributed by atoms with Crippen LogP contribution in [0.25, 0.3) is 10.4 Å². The van der Waals surface area contributed by atoms with Gasteiger partial charge in [-0.15, -0.1) is 0 Å². The first kappa shape index (κ1) is 13.4. The number of epoxide rings is 1. The van der Waals surface area contributed by atoms with Gasteiger partial charge in [0.15, 0.2) is 12.6 Å². The highest BCUT2D eigenvalue weighted by Gasteiger charge is 2.57. The molecule has 20 heavy (non-hydrogen) atoms. The number of hydrogen-bond acceptors (Lipinski definition) is 5. The number of benzene rings is 1. The summed E-state index contributed by atoms with van der Waals surface area (Å²) in [6, 6.07) is 9.23. The minimum absolute atomic E-state index is 0.194. The third kappa shape index (κ3) is 2.63. The monoisotopic (exact) mass is 277 g/mol. The lowest BCUT2D eigenvalue weighted by molar-refractivity contribution is -0.194. The molecule has 0 amide bonds. The lowest BCUT2D eigenvalue weighted by Crippen LogP contribution is -2.48. The summed E-state index contributed by atoms with van der Waals surface area (Å²) < 4.78 is 21.9. The van der Waals surface area contributed by atoms with Gasteiger partial charge >= 0.3 is 0 Å². The number of hydrogen-bond donors (Lipinski definition) is 0. The second-order valence-electron chi connectivity index (χ2n) is 4.67. The molecule has 2 aliphatic rings. The van der Waals surface area contributed by atoms with E-state index in [0.29, 0.717) is 6.61 Å². The van der Waals surface area contributed by atoms with Gasteiger partial charge in [-0.05, 0) is 11.1 Å². The first-order chi connectivity index (χ1) is 9.83. The third-order valence-corrected chi connectivity index (χ3v) is 3.39. The summed E-state index contributed by atoms with van der Waals surface area (Å²) in [4.78, 5) is 2.85. The van der Waals surface area contributed by atoms with Crippen LogP contribution < -0.4 is 0 Å². The van der Waals surface area contributed by atoms with Crippen molar-refractivity contribution in [2.45, 2.75) is 37.4 Å². The normalized spacial score (nSPS) is 35.0. The second kappa shape index (κ2) is 5.78. The van der Waals surface area contributed by atoms with E-state index in [9.17, 15) is 0 Å². The maximum Gasteiger partial charge on any atom is 0.190 e. The second-order valence-corrected chi connectivity index (χ2v) is 4.67. The van der Waals surface area contributed by atoms with E-state index in [-0.39, 0.29) is 18.5 Å². The van der Waals surface area contributed by atoms with Gasteiger partial charge in [0.2, 0.25) is 0 Å². The molecular weight excluding hydrogens is 262 g/mol. The maximum absolute atomic E-state index is 8.69. The standard InChI is InChI=1S/C13H15N3O4/c1-17-12-9(15-16-14)10(11-13(19-11)20-12)18-7-8-5-3-2-4-6-8/h2-6,9-13H,7H2,1H3/t9-,10-,11+,12-,13-/m1/s1. The molecule has 2 saturated heterocycles. The molecule has 7 heteroatoms. The number of ether oxygens (including phenoxy) is 4. The lowest BCUT2D eigenvalue weighted by atomic mass is 10.1. The zero-order valence-corrected chi connectivity index (χ0v) is 11.0. The van der Waals surface area contributed by atoms with Gasteiger partial charge in [0.1, 0.15) is 18.2 Å². The fourth-order valence-electron chi connectivity index (χ4n) is 2.35. The van der Waals surface area contributed by atoms with Crippen LogP contribution in [0, 0.1) is 0 Å². The Morgan fingerprint density at radius 2 is 2.10 bits per heavy atom. The summed E-state index contributed by atoms with van der Waals surface area (Å²) in [7, 11) is 1.50. The maximum atomic E-state index is 8.69. The summed E-state index contributed by atoms with van der Waals surface area (Å²) in [5.41, 5.74) is 9.73. The van der Waals surface area contributed by atoms with Gasteiger partial charge in [0, 0.05) is 12.0 Å². The molecule has 2 aliphatic heterocycles. The molecule has 2 heterocycles. The highest BCUT2D eigenvalue weighted by molar-refractivity contribution is 5.13. The molecule has 3 rings (SSSR count). The molecule has 7 nitrogen and oxygen atoms in total. The zero-order chi connectivity index (χ0) is 13.9. The predicted octanol–water partition coefficient (Wildman–Crippen LogP) is 1.98. The Morgan fingerprint density at radius 3 is 2.80 bits per heavy atom. The fraction of sp³-hybridized carbons (Fsp3) is 0.538. The Hall–Kier alpha value is -1.63. The molecule has 0 radical (unpaired) electrons. The van der Waals surface area contributed by atoms with Crippen molar-refractivity contribution in [3.8, 4) is 0 Å². The minimum Gasteiger partial charge on any atom is -0.370 e. The largest absolute Gasteiger partial charge is 0.370 e.